The lowest BCUT2D eigenvalue weighted by atomic mass is 10.2. The van der Waals surface area contributed by atoms with Gasteiger partial charge in [0, 0.05) is 17.8 Å². The summed E-state index contributed by atoms with van der Waals surface area (Å²) in [6.07, 6.45) is 0.943. The lowest BCUT2D eigenvalue weighted by Gasteiger charge is -2.09. The summed E-state index contributed by atoms with van der Waals surface area (Å²) in [6.45, 7) is 2.85. The molecule has 5 nitrogen and oxygen atoms in total. The van der Waals surface area contributed by atoms with Gasteiger partial charge in [-0.05, 0) is 30.4 Å². The van der Waals surface area contributed by atoms with E-state index in [2.05, 4.69) is 15.6 Å². The number of H-pyrrole nitrogens is 1. The molecular weight excluding hydrogens is 254 g/mol. The molecule has 0 bridgehead atoms. The topological polar surface area (TPSA) is 77.2 Å². The van der Waals surface area contributed by atoms with Crippen molar-refractivity contribution in [2.45, 2.75) is 32.4 Å². The summed E-state index contributed by atoms with van der Waals surface area (Å²) in [5, 5.41) is 16.0. The van der Waals surface area contributed by atoms with Crippen LogP contribution in [0.1, 0.15) is 25.5 Å². The SMILES string of the molecule is CCC(O)CCNC(=O)NCc1cc2ccccc2[nH]1. The zero-order chi connectivity index (χ0) is 14.4. The maximum Gasteiger partial charge on any atom is 0.315 e. The number of aliphatic hydroxyl groups is 1. The lowest BCUT2D eigenvalue weighted by Crippen LogP contribution is -2.36. The van der Waals surface area contributed by atoms with Gasteiger partial charge in [0.1, 0.15) is 0 Å². The van der Waals surface area contributed by atoms with Gasteiger partial charge >= 0.3 is 6.03 Å². The number of urea groups is 1. The average Bonchev–Trinajstić information content (AvgIpc) is 2.87. The van der Waals surface area contributed by atoms with Crippen LogP contribution in [0.3, 0.4) is 0 Å². The first-order chi connectivity index (χ1) is 9.69. The number of rotatable bonds is 6. The third kappa shape index (κ3) is 3.99. The average molecular weight is 275 g/mol. The van der Waals surface area contributed by atoms with E-state index in [9.17, 15) is 9.90 Å². The number of carbonyl (C=O) groups excluding carboxylic acids is 1. The molecule has 2 amide bonds. The van der Waals surface area contributed by atoms with Crippen molar-refractivity contribution in [2.75, 3.05) is 6.54 Å². The highest BCUT2D eigenvalue weighted by molar-refractivity contribution is 5.80. The predicted molar refractivity (Wildman–Crippen MR) is 79.5 cm³/mol. The Bertz CT molecular complexity index is 532. The maximum atomic E-state index is 11.6. The van der Waals surface area contributed by atoms with Crippen molar-refractivity contribution in [3.63, 3.8) is 0 Å². The molecule has 4 N–H and O–H groups in total. The van der Waals surface area contributed by atoms with Crippen molar-refractivity contribution in [1.82, 2.24) is 15.6 Å². The summed E-state index contributed by atoms with van der Waals surface area (Å²) < 4.78 is 0. The molecule has 0 aliphatic heterocycles. The second-order valence-electron chi connectivity index (χ2n) is 4.84. The van der Waals surface area contributed by atoms with Crippen molar-refractivity contribution >= 4 is 16.9 Å². The molecule has 0 aliphatic rings. The van der Waals surface area contributed by atoms with Gasteiger partial charge in [0.25, 0.3) is 0 Å². The van der Waals surface area contributed by atoms with Gasteiger partial charge in [-0.3, -0.25) is 0 Å². The minimum absolute atomic E-state index is 0.216. The fourth-order valence-electron chi connectivity index (χ4n) is 2.02. The second-order valence-corrected chi connectivity index (χ2v) is 4.84. The molecule has 0 fully saturated rings. The third-order valence-corrected chi connectivity index (χ3v) is 3.26. The molecule has 0 spiro atoms. The summed E-state index contributed by atoms with van der Waals surface area (Å²) >= 11 is 0. The largest absolute Gasteiger partial charge is 0.393 e. The van der Waals surface area contributed by atoms with Crippen molar-refractivity contribution < 1.29 is 9.90 Å². The maximum absolute atomic E-state index is 11.6. The molecule has 0 saturated carbocycles. The Morgan fingerprint density at radius 3 is 2.90 bits per heavy atom. The minimum atomic E-state index is -0.344. The van der Waals surface area contributed by atoms with Crippen LogP contribution in [-0.4, -0.2) is 28.8 Å². The van der Waals surface area contributed by atoms with Crippen molar-refractivity contribution in [3.8, 4) is 0 Å². The number of fused-ring (bicyclic) bond motifs is 1. The van der Waals surface area contributed by atoms with E-state index in [4.69, 9.17) is 0 Å². The molecule has 0 aliphatic carbocycles. The highest BCUT2D eigenvalue weighted by Gasteiger charge is 2.04. The van der Waals surface area contributed by atoms with Crippen LogP contribution in [0.4, 0.5) is 4.79 Å². The Morgan fingerprint density at radius 1 is 1.35 bits per heavy atom. The van der Waals surface area contributed by atoms with Gasteiger partial charge in [-0.15, -0.1) is 0 Å². The molecular formula is C15H21N3O2. The molecule has 1 heterocycles. The molecule has 1 unspecified atom stereocenters. The van der Waals surface area contributed by atoms with Gasteiger partial charge in [0.15, 0.2) is 0 Å². The van der Waals surface area contributed by atoms with E-state index in [1.54, 1.807) is 0 Å². The van der Waals surface area contributed by atoms with Gasteiger partial charge in [-0.1, -0.05) is 25.1 Å². The van der Waals surface area contributed by atoms with Crippen LogP contribution < -0.4 is 10.6 Å². The monoisotopic (exact) mass is 275 g/mol. The number of aliphatic hydroxyl groups excluding tert-OH is 1. The molecule has 1 aromatic carbocycles. The van der Waals surface area contributed by atoms with Gasteiger partial charge in [-0.25, -0.2) is 4.79 Å². The summed E-state index contributed by atoms with van der Waals surface area (Å²) in [5.74, 6) is 0. The standard InChI is InChI=1S/C15H21N3O2/c1-2-13(19)7-8-16-15(20)17-10-12-9-11-5-3-4-6-14(11)18-12/h3-6,9,13,18-19H,2,7-8,10H2,1H3,(H2,16,17,20). The summed E-state index contributed by atoms with van der Waals surface area (Å²) in [6, 6.07) is 9.80. The molecule has 5 heteroatoms. The van der Waals surface area contributed by atoms with Crippen molar-refractivity contribution in [2.24, 2.45) is 0 Å². The van der Waals surface area contributed by atoms with Crippen LogP contribution in [-0.2, 0) is 6.54 Å². The molecule has 2 rings (SSSR count). The molecule has 1 atom stereocenters. The summed E-state index contributed by atoms with van der Waals surface area (Å²) in [5.41, 5.74) is 2.03. The van der Waals surface area contributed by atoms with Gasteiger partial charge in [0.2, 0.25) is 0 Å². The predicted octanol–water partition coefficient (Wildman–Crippen LogP) is 2.13. The quantitative estimate of drug-likeness (QED) is 0.652. The second kappa shape index (κ2) is 6.96. The fraction of sp³-hybridized carbons (Fsp3) is 0.400. The number of carbonyl (C=O) groups is 1. The number of aromatic amines is 1. The Kier molecular flexibility index (Phi) is 5.01. The molecule has 0 radical (unpaired) electrons. The number of nitrogens with one attached hydrogen (secondary N) is 3. The van der Waals surface area contributed by atoms with E-state index in [0.717, 1.165) is 16.6 Å². The van der Waals surface area contributed by atoms with Crippen LogP contribution in [0.25, 0.3) is 10.9 Å². The first kappa shape index (κ1) is 14.4. The first-order valence-electron chi connectivity index (χ1n) is 6.95. The van der Waals surface area contributed by atoms with Crippen molar-refractivity contribution in [3.05, 3.63) is 36.0 Å². The molecule has 20 heavy (non-hydrogen) atoms. The fourth-order valence-corrected chi connectivity index (χ4v) is 2.02. The highest BCUT2D eigenvalue weighted by atomic mass is 16.3. The Labute approximate surface area is 118 Å². The van der Waals surface area contributed by atoms with Crippen LogP contribution in [0.15, 0.2) is 30.3 Å². The Morgan fingerprint density at radius 2 is 2.15 bits per heavy atom. The summed E-state index contributed by atoms with van der Waals surface area (Å²) in [7, 11) is 0. The highest BCUT2D eigenvalue weighted by Crippen LogP contribution is 2.14. The smallest absolute Gasteiger partial charge is 0.315 e. The molecule has 108 valence electrons. The van der Waals surface area contributed by atoms with Crippen LogP contribution in [0.2, 0.25) is 0 Å². The Hall–Kier alpha value is -2.01. The van der Waals surface area contributed by atoms with Crippen molar-refractivity contribution in [1.29, 1.82) is 0 Å². The lowest BCUT2D eigenvalue weighted by molar-refractivity contribution is 0.160. The third-order valence-electron chi connectivity index (χ3n) is 3.26. The number of benzene rings is 1. The van der Waals surface area contributed by atoms with Gasteiger partial charge < -0.3 is 20.7 Å². The molecule has 0 saturated heterocycles. The van der Waals surface area contributed by atoms with Crippen LogP contribution in [0, 0.1) is 0 Å². The zero-order valence-corrected chi connectivity index (χ0v) is 11.6. The van der Waals surface area contributed by atoms with Crippen LogP contribution in [0.5, 0.6) is 0 Å². The number of hydrogen-bond donors (Lipinski definition) is 4. The van der Waals surface area contributed by atoms with Crippen LogP contribution >= 0.6 is 0 Å². The van der Waals surface area contributed by atoms with E-state index in [1.165, 1.54) is 0 Å². The van der Waals surface area contributed by atoms with Gasteiger partial charge in [-0.2, -0.15) is 0 Å². The normalized spacial score (nSPS) is 12.3. The molecule has 1 aromatic heterocycles. The van der Waals surface area contributed by atoms with E-state index < -0.39 is 0 Å². The summed E-state index contributed by atoms with van der Waals surface area (Å²) in [4.78, 5) is 14.8. The van der Waals surface area contributed by atoms with E-state index >= 15 is 0 Å². The van der Waals surface area contributed by atoms with E-state index in [-0.39, 0.29) is 12.1 Å². The van der Waals surface area contributed by atoms with E-state index in [0.29, 0.717) is 25.9 Å². The minimum Gasteiger partial charge on any atom is -0.393 e. The number of para-hydroxylation sites is 1. The number of hydrogen-bond acceptors (Lipinski definition) is 2. The zero-order valence-electron chi connectivity index (χ0n) is 11.6. The molecule has 2 aromatic rings. The van der Waals surface area contributed by atoms with Gasteiger partial charge in [0.05, 0.1) is 12.6 Å². The first-order valence-corrected chi connectivity index (χ1v) is 6.95. The number of amides is 2. The van der Waals surface area contributed by atoms with E-state index in [1.807, 2.05) is 37.3 Å². The number of aromatic nitrogens is 1. The Balaban J connectivity index is 1.75.